The molecule has 10 nitrogen and oxygen atoms in total. The van der Waals surface area contributed by atoms with Gasteiger partial charge in [0.1, 0.15) is 0 Å². The highest BCUT2D eigenvalue weighted by molar-refractivity contribution is 7.99. The number of benzene rings is 1. The Kier molecular flexibility index (Phi) is 7.15. The van der Waals surface area contributed by atoms with Gasteiger partial charge in [-0.2, -0.15) is 0 Å². The number of anilines is 3. The normalized spacial score (nSPS) is 10.4. The summed E-state index contributed by atoms with van der Waals surface area (Å²) in [6.45, 7) is 3.07. The first-order valence-corrected chi connectivity index (χ1v) is 10.8. The van der Waals surface area contributed by atoms with Crippen molar-refractivity contribution in [3.63, 3.8) is 0 Å². The Balaban J connectivity index is 1.75. The molecule has 0 aliphatic rings. The van der Waals surface area contributed by atoms with Crippen LogP contribution in [0, 0.1) is 6.92 Å². The predicted molar refractivity (Wildman–Crippen MR) is 120 cm³/mol. The topological polar surface area (TPSA) is 146 Å². The van der Waals surface area contributed by atoms with Crippen molar-refractivity contribution >= 4 is 57.5 Å². The molecule has 0 aliphatic heterocycles. The van der Waals surface area contributed by atoms with Gasteiger partial charge in [0.15, 0.2) is 21.8 Å². The van der Waals surface area contributed by atoms with Crippen LogP contribution < -0.4 is 21.5 Å². The lowest BCUT2D eigenvalue weighted by Crippen LogP contribution is -2.24. The predicted octanol–water partition coefficient (Wildman–Crippen LogP) is 2.48. The number of thiazole rings is 1. The molecule has 0 radical (unpaired) electrons. The molecule has 4 N–H and O–H groups in total. The smallest absolute Gasteiger partial charge is 0.277 e. The number of aromatic amines is 1. The second-order valence-corrected chi connectivity index (χ2v) is 8.05. The van der Waals surface area contributed by atoms with Crippen LogP contribution in [0.25, 0.3) is 0 Å². The third-order valence-electron chi connectivity index (χ3n) is 3.67. The molecule has 0 fully saturated rings. The largest absolute Gasteiger partial charge is 0.314 e. The summed E-state index contributed by atoms with van der Waals surface area (Å²) in [4.78, 5) is 59.5. The van der Waals surface area contributed by atoms with E-state index in [1.807, 2.05) is 12.3 Å². The Bertz CT molecular complexity index is 1180. The summed E-state index contributed by atoms with van der Waals surface area (Å²) >= 11 is 2.27. The van der Waals surface area contributed by atoms with E-state index in [4.69, 9.17) is 0 Å². The minimum absolute atomic E-state index is 0.0448. The maximum atomic E-state index is 12.6. The Morgan fingerprint density at radius 1 is 1.10 bits per heavy atom. The van der Waals surface area contributed by atoms with Gasteiger partial charge in [-0.1, -0.05) is 30.0 Å². The average Bonchev–Trinajstić information content (AvgIpc) is 3.13. The Morgan fingerprint density at radius 3 is 2.48 bits per heavy atom. The van der Waals surface area contributed by atoms with Gasteiger partial charge in [-0.25, -0.2) is 9.97 Å². The van der Waals surface area contributed by atoms with E-state index in [0.29, 0.717) is 10.7 Å². The van der Waals surface area contributed by atoms with Gasteiger partial charge in [0.2, 0.25) is 11.8 Å². The first kappa shape index (κ1) is 22.2. The molecule has 1 aromatic carbocycles. The minimum Gasteiger partial charge on any atom is -0.314 e. The fourth-order valence-corrected chi connectivity index (χ4v) is 3.73. The number of hydrogen-bond donors (Lipinski definition) is 4. The summed E-state index contributed by atoms with van der Waals surface area (Å²) in [5, 5.41) is 9.95. The summed E-state index contributed by atoms with van der Waals surface area (Å²) in [6, 6.07) is 8.29. The SMILES string of the molecule is CC(=O)Nc1nc(SCC(=O)Nc2nc(C)cs2)[nH]c(=O)c1NC(=O)c1ccccc1. The molecule has 0 aliphatic carbocycles. The van der Waals surface area contributed by atoms with Gasteiger partial charge in [0.25, 0.3) is 11.5 Å². The van der Waals surface area contributed by atoms with E-state index in [1.54, 1.807) is 30.3 Å². The molecule has 3 rings (SSSR count). The molecule has 160 valence electrons. The van der Waals surface area contributed by atoms with Crippen LogP contribution in [0.4, 0.5) is 16.6 Å². The lowest BCUT2D eigenvalue weighted by molar-refractivity contribution is -0.114. The van der Waals surface area contributed by atoms with Crippen molar-refractivity contribution in [3.8, 4) is 0 Å². The molecule has 31 heavy (non-hydrogen) atoms. The van der Waals surface area contributed by atoms with Gasteiger partial charge < -0.3 is 16.0 Å². The summed E-state index contributed by atoms with van der Waals surface area (Å²) < 4.78 is 0. The van der Waals surface area contributed by atoms with Crippen molar-refractivity contribution < 1.29 is 14.4 Å². The minimum atomic E-state index is -0.665. The molecule has 2 aromatic heterocycles. The van der Waals surface area contributed by atoms with Crippen LogP contribution in [0.3, 0.4) is 0 Å². The maximum Gasteiger partial charge on any atom is 0.277 e. The fourth-order valence-electron chi connectivity index (χ4n) is 2.37. The van der Waals surface area contributed by atoms with Crippen molar-refractivity contribution in [1.82, 2.24) is 15.0 Å². The van der Waals surface area contributed by atoms with Crippen LogP contribution in [-0.2, 0) is 9.59 Å². The number of amides is 3. The first-order chi connectivity index (χ1) is 14.8. The zero-order valence-corrected chi connectivity index (χ0v) is 18.1. The summed E-state index contributed by atoms with van der Waals surface area (Å²) in [5.41, 5.74) is 0.271. The highest BCUT2D eigenvalue weighted by atomic mass is 32.2. The fraction of sp³-hybridized carbons (Fsp3) is 0.158. The molecular weight excluding hydrogens is 440 g/mol. The van der Waals surface area contributed by atoms with E-state index in [1.165, 1.54) is 18.3 Å². The standard InChI is InChI=1S/C19H18N6O4S2/c1-10-8-30-18(20-10)22-13(27)9-31-19-24-15(21-11(2)26)14(17(29)25-19)23-16(28)12-6-4-3-5-7-12/h3-8H,9H2,1-2H3,(H,23,28)(H,20,22,27)(H2,21,24,25,26,29). The van der Waals surface area contributed by atoms with Crippen LogP contribution in [0.1, 0.15) is 23.0 Å². The van der Waals surface area contributed by atoms with Crippen LogP contribution in [0.5, 0.6) is 0 Å². The van der Waals surface area contributed by atoms with Gasteiger partial charge in [-0.05, 0) is 19.1 Å². The molecular formula is C19H18N6O4S2. The molecule has 0 atom stereocenters. The maximum absolute atomic E-state index is 12.6. The van der Waals surface area contributed by atoms with Crippen molar-refractivity contribution in [3.05, 3.63) is 57.3 Å². The van der Waals surface area contributed by atoms with Crippen LogP contribution in [0.15, 0.2) is 45.7 Å². The second kappa shape index (κ2) is 10.00. The lowest BCUT2D eigenvalue weighted by Gasteiger charge is -2.11. The number of hydrogen-bond acceptors (Lipinski definition) is 8. The lowest BCUT2D eigenvalue weighted by atomic mass is 10.2. The zero-order valence-electron chi connectivity index (χ0n) is 16.5. The summed E-state index contributed by atoms with van der Waals surface area (Å²) in [5.74, 6) is -1.49. The number of nitrogens with one attached hydrogen (secondary N) is 4. The third-order valence-corrected chi connectivity index (χ3v) is 5.42. The zero-order chi connectivity index (χ0) is 22.4. The summed E-state index contributed by atoms with van der Waals surface area (Å²) in [6.07, 6.45) is 0. The Morgan fingerprint density at radius 2 is 1.84 bits per heavy atom. The number of aromatic nitrogens is 3. The van der Waals surface area contributed by atoms with Gasteiger partial charge in [-0.15, -0.1) is 11.3 Å². The van der Waals surface area contributed by atoms with E-state index in [-0.39, 0.29) is 28.3 Å². The van der Waals surface area contributed by atoms with Crippen LogP contribution >= 0.6 is 23.1 Å². The molecule has 3 aromatic rings. The summed E-state index contributed by atoms with van der Waals surface area (Å²) in [7, 11) is 0. The van der Waals surface area contributed by atoms with Crippen molar-refractivity contribution in [2.24, 2.45) is 0 Å². The van der Waals surface area contributed by atoms with Crippen LogP contribution in [0.2, 0.25) is 0 Å². The van der Waals surface area contributed by atoms with Gasteiger partial charge >= 0.3 is 0 Å². The Hall–Kier alpha value is -3.51. The van der Waals surface area contributed by atoms with Gasteiger partial charge in [0, 0.05) is 17.9 Å². The number of thioether (sulfide) groups is 1. The van der Waals surface area contributed by atoms with Crippen LogP contribution in [-0.4, -0.2) is 38.4 Å². The number of H-pyrrole nitrogens is 1. The van der Waals surface area contributed by atoms with Crippen molar-refractivity contribution in [1.29, 1.82) is 0 Å². The quantitative estimate of drug-likeness (QED) is 0.314. The monoisotopic (exact) mass is 458 g/mol. The Labute approximate surface area is 184 Å². The molecule has 3 amide bonds. The number of nitrogens with zero attached hydrogens (tertiary/aromatic N) is 2. The number of rotatable bonds is 7. The molecule has 0 bridgehead atoms. The second-order valence-electron chi connectivity index (χ2n) is 6.23. The number of carbonyl (C=O) groups excluding carboxylic acids is 3. The number of carbonyl (C=O) groups is 3. The molecule has 0 saturated heterocycles. The van der Waals surface area contributed by atoms with E-state index >= 15 is 0 Å². The molecule has 2 heterocycles. The van der Waals surface area contributed by atoms with Crippen molar-refractivity contribution in [2.45, 2.75) is 19.0 Å². The van der Waals surface area contributed by atoms with Gasteiger partial charge in [-0.3, -0.25) is 24.2 Å². The van der Waals surface area contributed by atoms with E-state index in [9.17, 15) is 19.2 Å². The van der Waals surface area contributed by atoms with Crippen molar-refractivity contribution in [2.75, 3.05) is 21.7 Å². The highest BCUT2D eigenvalue weighted by Crippen LogP contribution is 2.21. The van der Waals surface area contributed by atoms with E-state index in [2.05, 4.69) is 30.9 Å². The molecule has 12 heteroatoms. The average molecular weight is 459 g/mol. The molecule has 0 spiro atoms. The van der Waals surface area contributed by atoms with E-state index in [0.717, 1.165) is 17.5 Å². The first-order valence-electron chi connectivity index (χ1n) is 8.95. The van der Waals surface area contributed by atoms with E-state index < -0.39 is 17.4 Å². The third kappa shape index (κ3) is 6.23. The van der Waals surface area contributed by atoms with Gasteiger partial charge in [0.05, 0.1) is 11.4 Å². The molecule has 0 unspecified atom stereocenters. The highest BCUT2D eigenvalue weighted by Gasteiger charge is 2.17. The number of aryl methyl sites for hydroxylation is 1. The molecule has 0 saturated carbocycles.